The Morgan fingerprint density at radius 1 is 1.05 bits per heavy atom. The highest BCUT2D eigenvalue weighted by molar-refractivity contribution is 7.89. The number of benzene rings is 2. The van der Waals surface area contributed by atoms with Crippen molar-refractivity contribution >= 4 is 55.0 Å². The molecule has 2 aromatic carbocycles. The number of sulfonamides is 1. The van der Waals surface area contributed by atoms with Gasteiger partial charge in [-0.05, 0) is 76.3 Å². The zero-order valence-electron chi connectivity index (χ0n) is 23.5. The van der Waals surface area contributed by atoms with E-state index in [0.717, 1.165) is 30.5 Å². The third-order valence-corrected chi connectivity index (χ3v) is 9.59. The van der Waals surface area contributed by atoms with Gasteiger partial charge in [0.25, 0.3) is 5.91 Å². The molecule has 13 heteroatoms. The molecule has 1 amide bonds. The van der Waals surface area contributed by atoms with Gasteiger partial charge < -0.3 is 19.1 Å². The molecule has 1 aliphatic heterocycles. The Balaban J connectivity index is 0.00000441. The number of hydrogen-bond donors (Lipinski definition) is 0. The Morgan fingerprint density at radius 2 is 1.73 bits per heavy atom. The molecule has 220 valence electrons. The van der Waals surface area contributed by atoms with Crippen LogP contribution in [0, 0.1) is 0 Å². The summed E-state index contributed by atoms with van der Waals surface area (Å²) in [6, 6.07) is 9.69. The van der Waals surface area contributed by atoms with Crippen molar-refractivity contribution in [2.45, 2.75) is 30.3 Å². The monoisotopic (exact) mass is 612 g/mol. The van der Waals surface area contributed by atoms with Crippen molar-refractivity contribution in [2.24, 2.45) is 0 Å². The molecule has 2 heterocycles. The first-order valence-corrected chi connectivity index (χ1v) is 15.1. The summed E-state index contributed by atoms with van der Waals surface area (Å²) in [6.45, 7) is 2.18. The summed E-state index contributed by atoms with van der Waals surface area (Å²) in [5.41, 5.74) is 0.997. The van der Waals surface area contributed by atoms with E-state index in [1.807, 2.05) is 20.2 Å². The van der Waals surface area contributed by atoms with Gasteiger partial charge in [0.2, 0.25) is 10.0 Å². The van der Waals surface area contributed by atoms with Crippen molar-refractivity contribution in [3.63, 3.8) is 0 Å². The van der Waals surface area contributed by atoms with Gasteiger partial charge in [-0.3, -0.25) is 9.69 Å². The lowest BCUT2D eigenvalue weighted by Gasteiger charge is -2.22. The van der Waals surface area contributed by atoms with Crippen molar-refractivity contribution in [1.29, 1.82) is 0 Å². The molecule has 10 nitrogen and oxygen atoms in total. The van der Waals surface area contributed by atoms with Gasteiger partial charge >= 0.3 is 0 Å². The predicted octanol–water partition coefficient (Wildman–Crippen LogP) is 4.13. The first kappa shape index (κ1) is 32.0. The van der Waals surface area contributed by atoms with Gasteiger partial charge in [-0.1, -0.05) is 11.3 Å². The van der Waals surface area contributed by atoms with E-state index in [1.165, 1.54) is 27.8 Å². The minimum Gasteiger partial charge on any atom is -0.495 e. The molecule has 0 saturated carbocycles. The van der Waals surface area contributed by atoms with Crippen LogP contribution in [-0.4, -0.2) is 96.2 Å². The summed E-state index contributed by atoms with van der Waals surface area (Å²) < 4.78 is 44.9. The number of carbonyl (C=O) groups is 1. The van der Waals surface area contributed by atoms with Gasteiger partial charge in [-0.25, -0.2) is 13.4 Å². The van der Waals surface area contributed by atoms with Crippen LogP contribution in [0.25, 0.3) is 10.2 Å². The van der Waals surface area contributed by atoms with Crippen LogP contribution >= 0.6 is 23.7 Å². The van der Waals surface area contributed by atoms with E-state index in [4.69, 9.17) is 19.2 Å². The van der Waals surface area contributed by atoms with E-state index in [-0.39, 0.29) is 29.3 Å². The largest absolute Gasteiger partial charge is 0.495 e. The van der Waals surface area contributed by atoms with Crippen LogP contribution in [-0.2, 0) is 14.8 Å². The summed E-state index contributed by atoms with van der Waals surface area (Å²) in [6.07, 6.45) is 2.42. The Bertz CT molecular complexity index is 1350. The lowest BCUT2D eigenvalue weighted by Crippen LogP contribution is -2.34. The van der Waals surface area contributed by atoms with Crippen molar-refractivity contribution in [2.75, 3.05) is 66.5 Å². The van der Waals surface area contributed by atoms with Crippen LogP contribution in [0.3, 0.4) is 0 Å². The molecule has 0 N–H and O–H groups in total. The molecule has 1 atom stereocenters. The van der Waals surface area contributed by atoms with Crippen molar-refractivity contribution in [3.05, 3.63) is 42.0 Å². The normalized spacial score (nSPS) is 15.4. The minimum absolute atomic E-state index is 0. The number of aromatic nitrogens is 1. The number of methoxy groups -OCH3 is 2. The van der Waals surface area contributed by atoms with Crippen molar-refractivity contribution in [1.82, 2.24) is 14.2 Å². The fourth-order valence-corrected chi connectivity index (χ4v) is 6.80. The van der Waals surface area contributed by atoms with Gasteiger partial charge in [-0.2, -0.15) is 4.31 Å². The number of ether oxygens (including phenoxy) is 3. The van der Waals surface area contributed by atoms with E-state index in [0.29, 0.717) is 47.4 Å². The van der Waals surface area contributed by atoms with Crippen LogP contribution < -0.4 is 14.4 Å². The number of amides is 1. The third kappa shape index (κ3) is 7.04. The summed E-state index contributed by atoms with van der Waals surface area (Å²) in [5, 5.41) is 0.518. The van der Waals surface area contributed by atoms with Gasteiger partial charge in [0, 0.05) is 32.3 Å². The lowest BCUT2D eigenvalue weighted by molar-refractivity contribution is 0.0978. The molecule has 0 aliphatic carbocycles. The number of nitrogens with zero attached hydrogens (tertiary/aromatic N) is 4. The van der Waals surface area contributed by atoms with E-state index in [2.05, 4.69) is 4.90 Å². The van der Waals surface area contributed by atoms with Gasteiger partial charge in [0.15, 0.2) is 5.13 Å². The summed E-state index contributed by atoms with van der Waals surface area (Å²) in [4.78, 5) is 22.4. The maximum Gasteiger partial charge on any atom is 0.260 e. The Kier molecular flexibility index (Phi) is 11.2. The summed E-state index contributed by atoms with van der Waals surface area (Å²) >= 11 is 1.36. The number of likely N-dealkylation sites (N-methyl/N-ethyl adjacent to an activating group) is 1. The SMILES string of the molecule is COc1ccc(OC)c2sc(N(CCCN(C)C)C(=O)c3ccc(S(=O)(=O)N(C)CC4CCCO4)cc3)nc12.Cl. The summed E-state index contributed by atoms with van der Waals surface area (Å²) in [7, 11) is 4.97. The molecule has 1 aromatic heterocycles. The first-order chi connectivity index (χ1) is 18.6. The summed E-state index contributed by atoms with van der Waals surface area (Å²) in [5.74, 6) is 0.981. The van der Waals surface area contributed by atoms with Crippen molar-refractivity contribution < 1.29 is 27.4 Å². The fraction of sp³-hybridized carbons (Fsp3) is 0.481. The zero-order valence-corrected chi connectivity index (χ0v) is 25.9. The van der Waals surface area contributed by atoms with Gasteiger partial charge in [0.1, 0.15) is 21.7 Å². The molecular formula is C27H37ClN4O6S2. The molecular weight excluding hydrogens is 576 g/mol. The number of carbonyl (C=O) groups excluding carboxylic acids is 1. The average Bonchev–Trinajstić information content (AvgIpc) is 3.60. The standard InChI is InChI=1S/C27H36N4O6S2.ClH/c1-29(2)15-7-16-31(27-28-24-22(35-4)13-14-23(36-5)25(24)38-27)26(32)19-9-11-21(12-10-19)39(33,34)30(3)18-20-8-6-17-37-20;/h9-14,20H,6-8,15-18H2,1-5H3;1H. The Morgan fingerprint density at radius 3 is 2.33 bits per heavy atom. The number of halogens is 1. The molecule has 4 rings (SSSR count). The minimum atomic E-state index is -3.71. The second-order valence-electron chi connectivity index (χ2n) is 9.70. The molecule has 0 spiro atoms. The topological polar surface area (TPSA) is 102 Å². The lowest BCUT2D eigenvalue weighted by atomic mass is 10.2. The van der Waals surface area contributed by atoms with Crippen molar-refractivity contribution in [3.8, 4) is 11.5 Å². The quantitative estimate of drug-likeness (QED) is 0.301. The second-order valence-corrected chi connectivity index (χ2v) is 12.7. The highest BCUT2D eigenvalue weighted by Crippen LogP contribution is 2.40. The third-order valence-electron chi connectivity index (χ3n) is 6.66. The molecule has 0 radical (unpaired) electrons. The molecule has 1 unspecified atom stereocenters. The number of fused-ring (bicyclic) bond motifs is 1. The molecule has 40 heavy (non-hydrogen) atoms. The number of rotatable bonds is 12. The second kappa shape index (κ2) is 13.9. The fourth-order valence-electron chi connectivity index (χ4n) is 4.50. The molecule has 1 saturated heterocycles. The van der Waals surface area contributed by atoms with E-state index < -0.39 is 10.0 Å². The smallest absolute Gasteiger partial charge is 0.260 e. The van der Waals surface area contributed by atoms with Crippen LogP contribution in [0.2, 0.25) is 0 Å². The Hall–Kier alpha value is -2.48. The van der Waals surface area contributed by atoms with Crippen LogP contribution in [0.15, 0.2) is 41.3 Å². The zero-order chi connectivity index (χ0) is 28.2. The maximum absolute atomic E-state index is 13.8. The van der Waals surface area contributed by atoms with Gasteiger partial charge in [0.05, 0.1) is 25.2 Å². The van der Waals surface area contributed by atoms with E-state index in [1.54, 1.807) is 44.4 Å². The predicted molar refractivity (Wildman–Crippen MR) is 160 cm³/mol. The molecule has 3 aromatic rings. The molecule has 1 fully saturated rings. The molecule has 0 bridgehead atoms. The average molecular weight is 613 g/mol. The van der Waals surface area contributed by atoms with Gasteiger partial charge in [-0.15, -0.1) is 12.4 Å². The maximum atomic E-state index is 13.8. The highest BCUT2D eigenvalue weighted by atomic mass is 35.5. The Labute approximate surface area is 246 Å². The highest BCUT2D eigenvalue weighted by Gasteiger charge is 2.28. The molecule has 1 aliphatic rings. The first-order valence-electron chi connectivity index (χ1n) is 12.8. The van der Waals surface area contributed by atoms with Crippen LogP contribution in [0.1, 0.15) is 29.6 Å². The van der Waals surface area contributed by atoms with Crippen LogP contribution in [0.5, 0.6) is 11.5 Å². The number of thiazole rings is 1. The van der Waals surface area contributed by atoms with E-state index in [9.17, 15) is 13.2 Å². The van der Waals surface area contributed by atoms with E-state index >= 15 is 0 Å². The van der Waals surface area contributed by atoms with Crippen LogP contribution in [0.4, 0.5) is 5.13 Å². The number of anilines is 1. The number of hydrogen-bond acceptors (Lipinski definition) is 9.